The van der Waals surface area contributed by atoms with Gasteiger partial charge in [0.1, 0.15) is 5.65 Å². The van der Waals surface area contributed by atoms with E-state index < -0.39 is 0 Å². The molecule has 6 aromatic heterocycles. The molecule has 0 aliphatic rings. The van der Waals surface area contributed by atoms with E-state index in [1.54, 1.807) is 0 Å². The van der Waals surface area contributed by atoms with Crippen molar-refractivity contribution in [2.24, 2.45) is 0 Å². The zero-order valence-electron chi connectivity index (χ0n) is 27.9. The van der Waals surface area contributed by atoms with E-state index in [1.165, 1.54) is 16.7 Å². The molecule has 10 aromatic rings. The van der Waals surface area contributed by atoms with Crippen LogP contribution < -0.4 is 4.74 Å². The Morgan fingerprint density at radius 2 is 1.24 bits per heavy atom. The van der Waals surface area contributed by atoms with Crippen molar-refractivity contribution >= 4 is 54.9 Å². The number of hydrogen-bond donors (Lipinski definition) is 0. The van der Waals surface area contributed by atoms with E-state index in [-0.39, 0.29) is 21.1 Å². The summed E-state index contributed by atoms with van der Waals surface area (Å²) in [6.45, 7) is 6.41. The topological polar surface area (TPSA) is 69.6 Å². The quantitative estimate of drug-likeness (QED) is 0.130. The van der Waals surface area contributed by atoms with E-state index in [0.29, 0.717) is 11.5 Å². The third kappa shape index (κ3) is 4.91. The van der Waals surface area contributed by atoms with Crippen LogP contribution in [0.15, 0.2) is 116 Å². The molecule has 0 bridgehead atoms. The van der Waals surface area contributed by atoms with Gasteiger partial charge in [0.05, 0.1) is 33.7 Å². The summed E-state index contributed by atoms with van der Waals surface area (Å²) in [5, 5.41) is 4.68. The predicted octanol–water partition coefficient (Wildman–Crippen LogP) is 10.0. The molecule has 0 amide bonds. The number of benzene rings is 4. The Bertz CT molecular complexity index is 2980. The van der Waals surface area contributed by atoms with Gasteiger partial charge in [-0.1, -0.05) is 99.9 Å². The number of fused-ring (bicyclic) bond motifs is 12. The minimum absolute atomic E-state index is 0. The van der Waals surface area contributed by atoms with Gasteiger partial charge in [0, 0.05) is 47.4 Å². The monoisotopic (exact) mass is 839 g/mol. The molecule has 0 N–H and O–H groups in total. The van der Waals surface area contributed by atoms with Crippen LogP contribution in [0.1, 0.15) is 16.7 Å². The zero-order valence-corrected chi connectivity index (χ0v) is 30.1. The van der Waals surface area contributed by atoms with E-state index in [2.05, 4.69) is 96.6 Å². The SMILES string of the molecule is Cc1cc(C)c(-c2cn3c(n2)c2[c-]c(Oc4[c-]c5c(cc4)c4ncccc4n4cc(-c6ccccc6)nc54)ccc2c2cccnc23)c(C)c1.[Pt+2]. The molecule has 6 heterocycles. The molecule has 246 valence electrons. The van der Waals surface area contributed by atoms with E-state index >= 15 is 0 Å². The predicted molar refractivity (Wildman–Crippen MR) is 199 cm³/mol. The Hall–Kier alpha value is -5.91. The van der Waals surface area contributed by atoms with E-state index in [9.17, 15) is 0 Å². The average molecular weight is 840 g/mol. The third-order valence-electron chi connectivity index (χ3n) is 9.53. The van der Waals surface area contributed by atoms with Gasteiger partial charge in [-0.05, 0) is 55.5 Å². The van der Waals surface area contributed by atoms with Crippen LogP contribution in [-0.4, -0.2) is 28.7 Å². The van der Waals surface area contributed by atoms with Gasteiger partial charge >= 0.3 is 21.1 Å². The van der Waals surface area contributed by atoms with Gasteiger partial charge in [-0.3, -0.25) is 15.0 Å². The average Bonchev–Trinajstić information content (AvgIpc) is 3.78. The summed E-state index contributed by atoms with van der Waals surface area (Å²) in [6, 6.07) is 37.8. The summed E-state index contributed by atoms with van der Waals surface area (Å²) in [4.78, 5) is 19.8. The van der Waals surface area contributed by atoms with E-state index in [1.807, 2.05) is 60.9 Å². The van der Waals surface area contributed by atoms with Gasteiger partial charge in [0.2, 0.25) is 0 Å². The number of rotatable bonds is 4. The Kier molecular flexibility index (Phi) is 7.23. The molecule has 51 heavy (non-hydrogen) atoms. The van der Waals surface area contributed by atoms with Gasteiger partial charge in [-0.25, -0.2) is 4.98 Å². The Balaban J connectivity index is 0.00000348. The molecule has 0 spiro atoms. The van der Waals surface area contributed by atoms with Crippen LogP contribution in [0.2, 0.25) is 0 Å². The molecular weight excluding hydrogens is 812 g/mol. The van der Waals surface area contributed by atoms with Crippen LogP contribution in [0.3, 0.4) is 0 Å². The number of imidazole rings is 2. The number of ether oxygens (including phenoxy) is 1. The maximum absolute atomic E-state index is 6.53. The molecule has 10 rings (SSSR count). The first-order valence-electron chi connectivity index (χ1n) is 16.6. The van der Waals surface area contributed by atoms with Crippen molar-refractivity contribution in [2.75, 3.05) is 0 Å². The normalized spacial score (nSPS) is 11.7. The second kappa shape index (κ2) is 11.9. The van der Waals surface area contributed by atoms with Crippen LogP contribution >= 0.6 is 0 Å². The molecule has 0 fully saturated rings. The van der Waals surface area contributed by atoms with Crippen molar-refractivity contribution in [3.8, 4) is 34.0 Å². The van der Waals surface area contributed by atoms with Crippen molar-refractivity contribution in [3.63, 3.8) is 0 Å². The maximum Gasteiger partial charge on any atom is 2.00 e. The van der Waals surface area contributed by atoms with Crippen LogP contribution in [0, 0.1) is 32.9 Å². The summed E-state index contributed by atoms with van der Waals surface area (Å²) >= 11 is 0. The smallest absolute Gasteiger partial charge is 0.497 e. The number of aryl methyl sites for hydroxylation is 3. The first kappa shape index (κ1) is 31.1. The van der Waals surface area contributed by atoms with Crippen molar-refractivity contribution in [3.05, 3.63) is 145 Å². The summed E-state index contributed by atoms with van der Waals surface area (Å²) in [5.74, 6) is 1.12. The zero-order chi connectivity index (χ0) is 33.5. The molecule has 0 aliphatic heterocycles. The maximum atomic E-state index is 6.53. The third-order valence-corrected chi connectivity index (χ3v) is 9.53. The van der Waals surface area contributed by atoms with Gasteiger partial charge < -0.3 is 13.5 Å². The fraction of sp³-hybridized carbons (Fsp3) is 0.0698. The summed E-state index contributed by atoms with van der Waals surface area (Å²) in [5.41, 5.74) is 11.9. The molecule has 0 saturated heterocycles. The van der Waals surface area contributed by atoms with Gasteiger partial charge in [-0.15, -0.1) is 12.1 Å². The van der Waals surface area contributed by atoms with Gasteiger partial charge in [-0.2, -0.15) is 0 Å². The van der Waals surface area contributed by atoms with Crippen LogP contribution in [0.4, 0.5) is 0 Å². The molecule has 0 saturated carbocycles. The first-order chi connectivity index (χ1) is 24.5. The molecule has 0 atom stereocenters. The number of nitrogens with zero attached hydrogens (tertiary/aromatic N) is 6. The molecular formula is C43H28N6OPt. The minimum atomic E-state index is 0. The van der Waals surface area contributed by atoms with E-state index in [0.717, 1.165) is 77.4 Å². The van der Waals surface area contributed by atoms with E-state index in [4.69, 9.17) is 24.7 Å². The second-order valence-electron chi connectivity index (χ2n) is 12.8. The Labute approximate surface area is 307 Å². The summed E-state index contributed by atoms with van der Waals surface area (Å²) < 4.78 is 10.7. The van der Waals surface area contributed by atoms with Gasteiger partial charge in [0.15, 0.2) is 0 Å². The molecule has 4 aromatic carbocycles. The van der Waals surface area contributed by atoms with Crippen molar-refractivity contribution in [1.82, 2.24) is 28.7 Å². The summed E-state index contributed by atoms with van der Waals surface area (Å²) in [6.07, 6.45) is 7.80. The molecule has 8 heteroatoms. The Morgan fingerprint density at radius 1 is 0.588 bits per heavy atom. The fourth-order valence-electron chi connectivity index (χ4n) is 7.47. The molecule has 0 radical (unpaired) electrons. The van der Waals surface area contributed by atoms with Crippen molar-refractivity contribution in [1.29, 1.82) is 0 Å². The number of hydrogen-bond acceptors (Lipinski definition) is 5. The first-order valence-corrected chi connectivity index (χ1v) is 16.6. The van der Waals surface area contributed by atoms with Crippen LogP contribution in [0.5, 0.6) is 11.5 Å². The van der Waals surface area contributed by atoms with Gasteiger partial charge in [0.25, 0.3) is 0 Å². The molecule has 0 unspecified atom stereocenters. The summed E-state index contributed by atoms with van der Waals surface area (Å²) in [7, 11) is 0. The standard InChI is InChI=1S/C43H28N6O.Pt/c1-25-19-26(2)39(27(3)20-25)37-24-49-41-33(11-7-18-45-41)31-15-13-29(21-34(31)43(49)47-37)50-30-14-16-32-35(22-30)42-46-36(28-9-5-4-6-10-28)23-48(42)38-12-8-17-44-40(32)38;/h4-20,23-24H,1-3H3;/q-2;+2. The molecule has 0 aliphatic carbocycles. The number of pyridine rings is 4. The Morgan fingerprint density at radius 3 is 2.02 bits per heavy atom. The second-order valence-corrected chi connectivity index (χ2v) is 12.8. The van der Waals surface area contributed by atoms with Crippen LogP contribution in [0.25, 0.3) is 77.4 Å². The van der Waals surface area contributed by atoms with Crippen LogP contribution in [-0.2, 0) is 21.1 Å². The number of aromatic nitrogens is 6. The van der Waals surface area contributed by atoms with Crippen molar-refractivity contribution in [2.45, 2.75) is 20.8 Å². The molecule has 7 nitrogen and oxygen atoms in total. The largest absolute Gasteiger partial charge is 2.00 e. The fourth-order valence-corrected chi connectivity index (χ4v) is 7.47. The minimum Gasteiger partial charge on any atom is -0.497 e. The van der Waals surface area contributed by atoms with Crippen molar-refractivity contribution < 1.29 is 25.8 Å².